The summed E-state index contributed by atoms with van der Waals surface area (Å²) in [6.45, 7) is 5.73. The normalized spacial score (nSPS) is 13.3. The molecule has 0 aliphatic rings. The fourth-order valence-corrected chi connectivity index (χ4v) is 2.87. The summed E-state index contributed by atoms with van der Waals surface area (Å²) in [6, 6.07) is 7.03. The van der Waals surface area contributed by atoms with Crippen LogP contribution in [0.1, 0.15) is 31.0 Å². The molecule has 1 N–H and O–H groups in total. The average molecular weight is 307 g/mol. The number of nitrogens with one attached hydrogen (secondary N) is 1. The highest BCUT2D eigenvalue weighted by molar-refractivity contribution is 7.90. The molecule has 5 nitrogen and oxygen atoms in total. The van der Waals surface area contributed by atoms with Gasteiger partial charge in [-0.25, -0.2) is 8.42 Å². The Morgan fingerprint density at radius 3 is 2.33 bits per heavy atom. The summed E-state index contributed by atoms with van der Waals surface area (Å²) in [5.74, 6) is 0. The summed E-state index contributed by atoms with van der Waals surface area (Å²) < 4.78 is 24.9. The minimum absolute atomic E-state index is 0.0175. The summed E-state index contributed by atoms with van der Waals surface area (Å²) in [5.41, 5.74) is 2.10. The second-order valence-electron chi connectivity index (χ2n) is 4.96. The molecule has 0 aliphatic carbocycles. The van der Waals surface area contributed by atoms with Gasteiger partial charge in [-0.1, -0.05) is 19.1 Å². The van der Waals surface area contributed by atoms with Crippen molar-refractivity contribution in [1.82, 2.24) is 15.1 Å². The molecule has 0 radical (unpaired) electrons. The molecule has 6 heteroatoms. The van der Waals surface area contributed by atoms with Crippen molar-refractivity contribution in [3.05, 3.63) is 47.8 Å². The summed E-state index contributed by atoms with van der Waals surface area (Å²) in [7, 11) is -3.16. The number of aryl methyl sites for hydroxylation is 1. The van der Waals surface area contributed by atoms with E-state index in [1.54, 1.807) is 12.1 Å². The predicted molar refractivity (Wildman–Crippen MR) is 83.0 cm³/mol. The van der Waals surface area contributed by atoms with Gasteiger partial charge in [0.2, 0.25) is 0 Å². The van der Waals surface area contributed by atoms with Gasteiger partial charge in [-0.3, -0.25) is 4.68 Å². The summed E-state index contributed by atoms with van der Waals surface area (Å²) in [5, 5.41) is 7.71. The lowest BCUT2D eigenvalue weighted by Gasteiger charge is -2.17. The zero-order valence-corrected chi connectivity index (χ0v) is 13.4. The molecule has 1 aromatic heterocycles. The standard InChI is InChI=1S/C15H21N3O2S/c1-4-16-15(13-10-17-18(5-2)11-13)12-6-8-14(9-7-12)21(3,19)20/h6-11,15-16H,4-5H2,1-3H3. The average Bonchev–Trinajstić information content (AvgIpc) is 2.92. The molecular weight excluding hydrogens is 286 g/mol. The molecule has 0 spiro atoms. The van der Waals surface area contributed by atoms with Crippen LogP contribution in [0.25, 0.3) is 0 Å². The van der Waals surface area contributed by atoms with Crippen LogP contribution in [0.2, 0.25) is 0 Å². The molecule has 0 aliphatic heterocycles. The summed E-state index contributed by atoms with van der Waals surface area (Å²) in [6.07, 6.45) is 5.08. The Balaban J connectivity index is 2.34. The van der Waals surface area contributed by atoms with Crippen LogP contribution < -0.4 is 5.32 Å². The van der Waals surface area contributed by atoms with Gasteiger partial charge in [0.25, 0.3) is 0 Å². The van der Waals surface area contributed by atoms with Gasteiger partial charge >= 0.3 is 0 Å². The highest BCUT2D eigenvalue weighted by Gasteiger charge is 2.16. The second-order valence-corrected chi connectivity index (χ2v) is 6.98. The van der Waals surface area contributed by atoms with Crippen LogP contribution in [0, 0.1) is 0 Å². The van der Waals surface area contributed by atoms with Gasteiger partial charge in [0.1, 0.15) is 0 Å². The van der Waals surface area contributed by atoms with Crippen LogP contribution in [0.3, 0.4) is 0 Å². The van der Waals surface area contributed by atoms with E-state index < -0.39 is 9.84 Å². The smallest absolute Gasteiger partial charge is 0.175 e. The number of sulfone groups is 1. The Morgan fingerprint density at radius 1 is 1.19 bits per heavy atom. The highest BCUT2D eigenvalue weighted by Crippen LogP contribution is 2.23. The maximum Gasteiger partial charge on any atom is 0.175 e. The molecule has 1 aromatic carbocycles. The molecule has 1 atom stereocenters. The Kier molecular flexibility index (Phi) is 4.80. The van der Waals surface area contributed by atoms with Crippen molar-refractivity contribution in [2.75, 3.05) is 12.8 Å². The van der Waals surface area contributed by atoms with Crippen LogP contribution in [-0.2, 0) is 16.4 Å². The van der Waals surface area contributed by atoms with E-state index in [4.69, 9.17) is 0 Å². The van der Waals surface area contributed by atoms with E-state index in [1.807, 2.05) is 43.1 Å². The maximum absolute atomic E-state index is 11.5. The molecule has 2 rings (SSSR count). The molecule has 0 fully saturated rings. The van der Waals surface area contributed by atoms with Crippen molar-refractivity contribution >= 4 is 9.84 Å². The van der Waals surface area contributed by atoms with Crippen LogP contribution in [0.4, 0.5) is 0 Å². The Hall–Kier alpha value is -1.66. The van der Waals surface area contributed by atoms with Crippen molar-refractivity contribution in [3.8, 4) is 0 Å². The second kappa shape index (κ2) is 6.41. The largest absolute Gasteiger partial charge is 0.306 e. The van der Waals surface area contributed by atoms with Gasteiger partial charge in [0, 0.05) is 24.6 Å². The number of hydrogen-bond acceptors (Lipinski definition) is 4. The first-order valence-electron chi connectivity index (χ1n) is 7.01. The van der Waals surface area contributed by atoms with E-state index >= 15 is 0 Å². The van der Waals surface area contributed by atoms with Gasteiger partial charge in [-0.15, -0.1) is 0 Å². The molecule has 0 saturated carbocycles. The molecular formula is C15H21N3O2S. The lowest BCUT2D eigenvalue weighted by Crippen LogP contribution is -2.21. The molecule has 0 amide bonds. The fourth-order valence-electron chi connectivity index (χ4n) is 2.24. The van der Waals surface area contributed by atoms with Gasteiger partial charge in [0.05, 0.1) is 17.1 Å². The summed E-state index contributed by atoms with van der Waals surface area (Å²) >= 11 is 0. The first kappa shape index (κ1) is 15.7. The lowest BCUT2D eigenvalue weighted by molar-refractivity contribution is 0.601. The van der Waals surface area contributed by atoms with Crippen molar-refractivity contribution in [2.45, 2.75) is 31.3 Å². The zero-order valence-electron chi connectivity index (χ0n) is 12.6. The summed E-state index contributed by atoms with van der Waals surface area (Å²) in [4.78, 5) is 0.339. The topological polar surface area (TPSA) is 64.0 Å². The van der Waals surface area contributed by atoms with Crippen LogP contribution in [0.15, 0.2) is 41.6 Å². The van der Waals surface area contributed by atoms with Gasteiger partial charge in [0.15, 0.2) is 9.84 Å². The minimum atomic E-state index is -3.16. The SMILES string of the molecule is CCNC(c1ccc(S(C)(=O)=O)cc1)c1cnn(CC)c1. The molecule has 21 heavy (non-hydrogen) atoms. The lowest BCUT2D eigenvalue weighted by atomic mass is 10.0. The van der Waals surface area contributed by atoms with Crippen LogP contribution in [0.5, 0.6) is 0 Å². The van der Waals surface area contributed by atoms with Crippen molar-refractivity contribution in [1.29, 1.82) is 0 Å². The number of nitrogens with zero attached hydrogens (tertiary/aromatic N) is 2. The Bertz CT molecular complexity index is 690. The van der Waals surface area contributed by atoms with Gasteiger partial charge in [-0.05, 0) is 31.2 Å². The third-order valence-corrected chi connectivity index (χ3v) is 4.49. The Morgan fingerprint density at radius 2 is 1.86 bits per heavy atom. The van der Waals surface area contributed by atoms with E-state index in [-0.39, 0.29) is 6.04 Å². The third kappa shape index (κ3) is 3.71. The van der Waals surface area contributed by atoms with Crippen LogP contribution in [-0.4, -0.2) is 31.0 Å². The molecule has 1 unspecified atom stereocenters. The quantitative estimate of drug-likeness (QED) is 0.886. The first-order chi connectivity index (χ1) is 9.95. The fraction of sp³-hybridized carbons (Fsp3) is 0.400. The van der Waals surface area contributed by atoms with E-state index in [0.717, 1.165) is 24.2 Å². The predicted octanol–water partition coefficient (Wildman–Crippen LogP) is 2.01. The maximum atomic E-state index is 11.5. The van der Waals surface area contributed by atoms with Crippen molar-refractivity contribution in [2.24, 2.45) is 0 Å². The molecule has 0 saturated heterocycles. The van der Waals surface area contributed by atoms with Gasteiger partial charge < -0.3 is 5.32 Å². The number of benzene rings is 1. The van der Waals surface area contributed by atoms with Crippen LogP contribution >= 0.6 is 0 Å². The van der Waals surface area contributed by atoms with E-state index in [1.165, 1.54) is 6.26 Å². The molecule has 1 heterocycles. The van der Waals surface area contributed by atoms with E-state index in [2.05, 4.69) is 10.4 Å². The van der Waals surface area contributed by atoms with E-state index in [0.29, 0.717) is 4.90 Å². The highest BCUT2D eigenvalue weighted by atomic mass is 32.2. The molecule has 2 aromatic rings. The molecule has 114 valence electrons. The number of rotatable bonds is 6. The van der Waals surface area contributed by atoms with Crippen molar-refractivity contribution < 1.29 is 8.42 Å². The van der Waals surface area contributed by atoms with E-state index in [9.17, 15) is 8.42 Å². The molecule has 0 bridgehead atoms. The number of aromatic nitrogens is 2. The van der Waals surface area contributed by atoms with Gasteiger partial charge in [-0.2, -0.15) is 5.10 Å². The number of hydrogen-bond donors (Lipinski definition) is 1. The minimum Gasteiger partial charge on any atom is -0.306 e. The monoisotopic (exact) mass is 307 g/mol. The van der Waals surface area contributed by atoms with Crippen molar-refractivity contribution in [3.63, 3.8) is 0 Å². The first-order valence-corrected chi connectivity index (χ1v) is 8.90. The zero-order chi connectivity index (χ0) is 15.5. The third-order valence-electron chi connectivity index (χ3n) is 3.36. The Labute approximate surface area is 125 Å².